The summed E-state index contributed by atoms with van der Waals surface area (Å²) in [5, 5.41) is 10.4. The minimum atomic E-state index is 0.518. The monoisotopic (exact) mass is 304 g/mol. The summed E-state index contributed by atoms with van der Waals surface area (Å²) in [4.78, 5) is 13.1. The van der Waals surface area contributed by atoms with Crippen LogP contribution in [0.3, 0.4) is 0 Å². The molecule has 0 spiro atoms. The number of nitrogens with zero attached hydrogens (tertiary/aromatic N) is 6. The summed E-state index contributed by atoms with van der Waals surface area (Å²) in [6, 6.07) is 2.56. The minimum Gasteiger partial charge on any atom is -0.356 e. The summed E-state index contributed by atoms with van der Waals surface area (Å²) < 4.78 is 0. The number of hydrogen-bond donors (Lipinski definition) is 0. The van der Waals surface area contributed by atoms with Crippen LogP contribution in [0.2, 0.25) is 0 Å². The molecule has 0 aromatic carbocycles. The van der Waals surface area contributed by atoms with Gasteiger partial charge in [0.25, 0.3) is 0 Å². The molecule has 3 heterocycles. The van der Waals surface area contributed by atoms with Gasteiger partial charge in [0.1, 0.15) is 17.2 Å². The number of hydrogen-bond acceptors (Lipinski definition) is 7. The van der Waals surface area contributed by atoms with E-state index in [1.54, 1.807) is 17.7 Å². The highest BCUT2D eigenvalue weighted by Gasteiger charge is 2.25. The molecule has 0 radical (unpaired) electrons. The molecule has 1 fully saturated rings. The van der Waals surface area contributed by atoms with E-state index in [0.29, 0.717) is 6.04 Å². The molecule has 2 aromatic rings. The van der Waals surface area contributed by atoms with E-state index >= 15 is 0 Å². The number of anilines is 2. The van der Waals surface area contributed by atoms with Crippen molar-refractivity contribution in [3.05, 3.63) is 23.1 Å². The summed E-state index contributed by atoms with van der Waals surface area (Å²) in [5.74, 6) is 1.01. The molecule has 0 saturated carbocycles. The molecule has 1 aliphatic heterocycles. The van der Waals surface area contributed by atoms with E-state index in [1.165, 1.54) is 0 Å². The molecule has 0 amide bonds. The van der Waals surface area contributed by atoms with Crippen LogP contribution in [-0.4, -0.2) is 46.3 Å². The Bertz CT molecular complexity index is 605. The third-order valence-electron chi connectivity index (χ3n) is 3.95. The van der Waals surface area contributed by atoms with Crippen molar-refractivity contribution in [3.8, 4) is 0 Å². The Balaban J connectivity index is 1.63. The highest BCUT2D eigenvalue weighted by Crippen LogP contribution is 2.26. The second-order valence-electron chi connectivity index (χ2n) is 5.45. The van der Waals surface area contributed by atoms with Crippen LogP contribution in [0.1, 0.15) is 23.5 Å². The lowest BCUT2D eigenvalue weighted by Crippen LogP contribution is -2.43. The average molecular weight is 304 g/mol. The SMILES string of the molecule is Cc1cc(N(C)C2CCN(c3nnc(C)s3)CC2)ncn1. The lowest BCUT2D eigenvalue weighted by Gasteiger charge is -2.37. The van der Waals surface area contributed by atoms with Gasteiger partial charge < -0.3 is 9.80 Å². The molecule has 0 N–H and O–H groups in total. The first-order chi connectivity index (χ1) is 10.1. The van der Waals surface area contributed by atoms with Gasteiger partial charge in [-0.15, -0.1) is 10.2 Å². The normalized spacial score (nSPS) is 16.2. The Morgan fingerprint density at radius 2 is 1.95 bits per heavy atom. The van der Waals surface area contributed by atoms with Crippen LogP contribution < -0.4 is 9.80 Å². The summed E-state index contributed by atoms with van der Waals surface area (Å²) in [7, 11) is 2.12. The first kappa shape index (κ1) is 14.2. The molecule has 112 valence electrons. The van der Waals surface area contributed by atoms with Gasteiger partial charge in [0, 0.05) is 37.9 Å². The molecule has 0 bridgehead atoms. The summed E-state index contributed by atoms with van der Waals surface area (Å²) in [6.07, 6.45) is 3.86. The molecule has 0 aliphatic carbocycles. The molecule has 1 aliphatic rings. The van der Waals surface area contributed by atoms with E-state index in [1.807, 2.05) is 19.9 Å². The summed E-state index contributed by atoms with van der Waals surface area (Å²) in [5.41, 5.74) is 1.01. The van der Waals surface area contributed by atoms with Crippen LogP contribution in [-0.2, 0) is 0 Å². The molecule has 2 aromatic heterocycles. The second kappa shape index (κ2) is 5.93. The van der Waals surface area contributed by atoms with Gasteiger partial charge in [0.2, 0.25) is 5.13 Å². The Kier molecular flexibility index (Phi) is 4.01. The van der Waals surface area contributed by atoms with Crippen LogP contribution in [0.4, 0.5) is 10.9 Å². The van der Waals surface area contributed by atoms with E-state index in [-0.39, 0.29) is 0 Å². The van der Waals surface area contributed by atoms with E-state index in [9.17, 15) is 0 Å². The van der Waals surface area contributed by atoms with Gasteiger partial charge in [-0.25, -0.2) is 9.97 Å². The third-order valence-corrected chi connectivity index (χ3v) is 4.85. The van der Waals surface area contributed by atoms with Crippen molar-refractivity contribution in [2.24, 2.45) is 0 Å². The molecule has 3 rings (SSSR count). The molecule has 0 unspecified atom stereocenters. The van der Waals surface area contributed by atoms with E-state index in [0.717, 1.165) is 47.6 Å². The van der Waals surface area contributed by atoms with Crippen molar-refractivity contribution in [3.63, 3.8) is 0 Å². The molecule has 6 nitrogen and oxygen atoms in total. The molecule has 7 heteroatoms. The van der Waals surface area contributed by atoms with Crippen molar-refractivity contribution < 1.29 is 0 Å². The third kappa shape index (κ3) is 3.12. The van der Waals surface area contributed by atoms with Gasteiger partial charge in [0.15, 0.2) is 0 Å². The minimum absolute atomic E-state index is 0.518. The fourth-order valence-corrected chi connectivity index (χ4v) is 3.42. The molecular formula is C14H20N6S. The standard InChI is InChI=1S/C14H20N6S/c1-10-8-13(16-9-15-10)19(3)12-4-6-20(7-5-12)14-18-17-11(2)21-14/h8-9,12H,4-7H2,1-3H3. The highest BCUT2D eigenvalue weighted by molar-refractivity contribution is 7.15. The lowest BCUT2D eigenvalue weighted by atomic mass is 10.0. The Morgan fingerprint density at radius 3 is 2.57 bits per heavy atom. The smallest absolute Gasteiger partial charge is 0.208 e. The number of aryl methyl sites for hydroxylation is 2. The van der Waals surface area contributed by atoms with Crippen LogP contribution in [0.15, 0.2) is 12.4 Å². The molecular weight excluding hydrogens is 284 g/mol. The average Bonchev–Trinajstić information content (AvgIpc) is 2.93. The predicted molar refractivity (Wildman–Crippen MR) is 85.1 cm³/mol. The summed E-state index contributed by atoms with van der Waals surface area (Å²) >= 11 is 1.67. The van der Waals surface area contributed by atoms with Gasteiger partial charge in [-0.1, -0.05) is 11.3 Å². The van der Waals surface area contributed by atoms with Gasteiger partial charge >= 0.3 is 0 Å². The van der Waals surface area contributed by atoms with Gasteiger partial charge in [-0.3, -0.25) is 0 Å². The van der Waals surface area contributed by atoms with Crippen LogP contribution in [0.25, 0.3) is 0 Å². The van der Waals surface area contributed by atoms with Gasteiger partial charge in [-0.2, -0.15) is 0 Å². The summed E-state index contributed by atoms with van der Waals surface area (Å²) in [6.45, 7) is 6.04. The second-order valence-corrected chi connectivity index (χ2v) is 6.61. The van der Waals surface area contributed by atoms with Gasteiger partial charge in [0.05, 0.1) is 0 Å². The van der Waals surface area contributed by atoms with Crippen molar-refractivity contribution in [2.75, 3.05) is 29.9 Å². The van der Waals surface area contributed by atoms with E-state index < -0.39 is 0 Å². The maximum Gasteiger partial charge on any atom is 0.208 e. The van der Waals surface area contributed by atoms with E-state index in [2.05, 4.69) is 37.0 Å². The number of rotatable bonds is 3. The van der Waals surface area contributed by atoms with E-state index in [4.69, 9.17) is 0 Å². The molecule has 1 saturated heterocycles. The first-order valence-electron chi connectivity index (χ1n) is 7.20. The predicted octanol–water partition coefficient (Wildman–Crippen LogP) is 2.05. The largest absolute Gasteiger partial charge is 0.356 e. The van der Waals surface area contributed by atoms with Crippen molar-refractivity contribution in [1.82, 2.24) is 20.2 Å². The zero-order valence-corrected chi connectivity index (χ0v) is 13.5. The fourth-order valence-electron chi connectivity index (χ4n) is 2.68. The van der Waals surface area contributed by atoms with Gasteiger partial charge in [-0.05, 0) is 26.7 Å². The topological polar surface area (TPSA) is 58.0 Å². The zero-order chi connectivity index (χ0) is 14.8. The van der Waals surface area contributed by atoms with Crippen LogP contribution >= 0.6 is 11.3 Å². The molecule has 0 atom stereocenters. The lowest BCUT2D eigenvalue weighted by molar-refractivity contribution is 0.479. The zero-order valence-electron chi connectivity index (χ0n) is 12.7. The fraction of sp³-hybridized carbons (Fsp3) is 0.571. The van der Waals surface area contributed by atoms with Crippen molar-refractivity contribution >= 4 is 22.3 Å². The van der Waals surface area contributed by atoms with Crippen molar-refractivity contribution in [2.45, 2.75) is 32.7 Å². The Hall–Kier alpha value is -1.76. The van der Waals surface area contributed by atoms with Crippen LogP contribution in [0.5, 0.6) is 0 Å². The number of aromatic nitrogens is 4. The maximum absolute atomic E-state index is 4.38. The maximum atomic E-state index is 4.38. The Morgan fingerprint density at radius 1 is 1.19 bits per heavy atom. The van der Waals surface area contributed by atoms with Crippen LogP contribution in [0, 0.1) is 13.8 Å². The quantitative estimate of drug-likeness (QED) is 0.865. The number of piperidine rings is 1. The highest BCUT2D eigenvalue weighted by atomic mass is 32.1. The Labute approximate surface area is 128 Å². The van der Waals surface area contributed by atoms with Crippen molar-refractivity contribution in [1.29, 1.82) is 0 Å². The molecule has 21 heavy (non-hydrogen) atoms. The first-order valence-corrected chi connectivity index (χ1v) is 8.01.